The van der Waals surface area contributed by atoms with E-state index in [0.717, 1.165) is 11.1 Å². The average Bonchev–Trinajstić information content (AvgIpc) is 3.04. The number of halogens is 3. The highest BCUT2D eigenvalue weighted by atomic mass is 35.6. The monoisotopic (exact) mass is 530 g/mol. The summed E-state index contributed by atoms with van der Waals surface area (Å²) in [6.07, 6.45) is 0.218. The summed E-state index contributed by atoms with van der Waals surface area (Å²) in [5.74, 6) is 1.39. The van der Waals surface area contributed by atoms with Gasteiger partial charge in [-0.05, 0) is 47.7 Å². The molecule has 1 atom stereocenters. The van der Waals surface area contributed by atoms with E-state index in [9.17, 15) is 9.59 Å². The summed E-state index contributed by atoms with van der Waals surface area (Å²) < 4.78 is 20.1. The molecular weight excluding hydrogens is 507 g/mol. The molecular formula is C23H25Cl3N2O6. The van der Waals surface area contributed by atoms with Crippen molar-refractivity contribution in [1.82, 2.24) is 5.32 Å². The summed E-state index contributed by atoms with van der Waals surface area (Å²) in [5.41, 5.74) is 3.07. The third-order valence-electron chi connectivity index (χ3n) is 5.47. The number of aryl methyl sites for hydroxylation is 1. The molecule has 0 saturated heterocycles. The van der Waals surface area contributed by atoms with E-state index in [-0.39, 0.29) is 5.43 Å². The number of anilines is 1. The minimum absolute atomic E-state index is 0.242. The minimum atomic E-state index is -1.74. The van der Waals surface area contributed by atoms with E-state index in [1.165, 1.54) is 20.3 Å². The van der Waals surface area contributed by atoms with Crippen LogP contribution in [0.15, 0.2) is 29.1 Å². The SMILES string of the molecule is CNc1ccc2c(cc1=O)[C@@H](NC(=O)OCC(Cl)(Cl)Cl)CCc1cc(OC)c(OC)c(OC)c1-2. The van der Waals surface area contributed by atoms with Crippen LogP contribution >= 0.6 is 34.8 Å². The maximum atomic E-state index is 12.9. The van der Waals surface area contributed by atoms with Gasteiger partial charge in [0.05, 0.1) is 33.1 Å². The Kier molecular flexibility index (Phi) is 8.28. The van der Waals surface area contributed by atoms with Gasteiger partial charge < -0.3 is 29.6 Å². The first kappa shape index (κ1) is 26.1. The van der Waals surface area contributed by atoms with Gasteiger partial charge in [-0.3, -0.25) is 4.79 Å². The Balaban J connectivity index is 2.21. The van der Waals surface area contributed by atoms with Crippen molar-refractivity contribution in [3.63, 3.8) is 0 Å². The number of hydrogen-bond acceptors (Lipinski definition) is 7. The number of alkyl carbamates (subject to hydrolysis) is 1. The number of fused-ring (bicyclic) bond motifs is 3. The molecule has 0 radical (unpaired) electrons. The van der Waals surface area contributed by atoms with Crippen molar-refractivity contribution in [2.75, 3.05) is 40.3 Å². The highest BCUT2D eigenvalue weighted by Gasteiger charge is 2.30. The Hall–Kier alpha value is -2.55. The number of nitrogens with one attached hydrogen (secondary N) is 2. The Morgan fingerprint density at radius 2 is 1.79 bits per heavy atom. The fraction of sp³-hybridized carbons (Fsp3) is 0.391. The molecule has 3 rings (SSSR count). The Bertz CT molecular complexity index is 1140. The van der Waals surface area contributed by atoms with Gasteiger partial charge in [0.25, 0.3) is 0 Å². The number of amides is 1. The fourth-order valence-electron chi connectivity index (χ4n) is 4.00. The van der Waals surface area contributed by atoms with Crippen LogP contribution in [0.4, 0.5) is 10.5 Å². The molecule has 1 aliphatic rings. The number of ether oxygens (including phenoxy) is 4. The molecule has 2 aromatic carbocycles. The second-order valence-electron chi connectivity index (χ2n) is 7.48. The van der Waals surface area contributed by atoms with Crippen LogP contribution in [0, 0.1) is 0 Å². The first-order valence-corrected chi connectivity index (χ1v) is 11.4. The van der Waals surface area contributed by atoms with Crippen molar-refractivity contribution < 1.29 is 23.7 Å². The van der Waals surface area contributed by atoms with E-state index >= 15 is 0 Å². The zero-order valence-electron chi connectivity index (χ0n) is 19.1. The van der Waals surface area contributed by atoms with E-state index < -0.39 is 22.5 Å². The lowest BCUT2D eigenvalue weighted by atomic mass is 9.95. The third-order valence-corrected chi connectivity index (χ3v) is 5.79. The van der Waals surface area contributed by atoms with Gasteiger partial charge in [-0.25, -0.2) is 4.79 Å². The maximum absolute atomic E-state index is 12.9. The standard InChI is InChI=1S/C23H25Cl3N2O6/c1-27-16-8-6-13-14(10-17(16)29)15(28-22(30)34-11-23(24,25)26)7-5-12-9-18(31-2)20(32-3)21(33-4)19(12)13/h6,8-10,15H,5,7,11H2,1-4H3,(H,27,29)(H,28,30)/t15-/m0/s1. The zero-order valence-corrected chi connectivity index (χ0v) is 21.4. The van der Waals surface area contributed by atoms with Crippen LogP contribution in [0.2, 0.25) is 0 Å². The molecule has 184 valence electrons. The summed E-state index contributed by atoms with van der Waals surface area (Å²) >= 11 is 17.1. The molecule has 0 aromatic heterocycles. The molecule has 0 fully saturated rings. The lowest BCUT2D eigenvalue weighted by Gasteiger charge is -2.20. The van der Waals surface area contributed by atoms with Crippen molar-refractivity contribution in [3.05, 3.63) is 45.6 Å². The Labute approximate surface area is 212 Å². The summed E-state index contributed by atoms with van der Waals surface area (Å²) in [4.78, 5) is 25.4. The molecule has 0 unspecified atom stereocenters. The molecule has 34 heavy (non-hydrogen) atoms. The summed E-state index contributed by atoms with van der Waals surface area (Å²) in [6, 6.07) is 6.28. The highest BCUT2D eigenvalue weighted by molar-refractivity contribution is 6.67. The van der Waals surface area contributed by atoms with Crippen molar-refractivity contribution in [3.8, 4) is 28.4 Å². The van der Waals surface area contributed by atoms with Crippen LogP contribution in [0.1, 0.15) is 23.6 Å². The molecule has 0 spiro atoms. The van der Waals surface area contributed by atoms with Gasteiger partial charge in [0.15, 0.2) is 11.5 Å². The zero-order chi connectivity index (χ0) is 25.0. The van der Waals surface area contributed by atoms with Crippen molar-refractivity contribution >= 4 is 46.6 Å². The predicted octanol–water partition coefficient (Wildman–Crippen LogP) is 4.87. The van der Waals surface area contributed by atoms with Gasteiger partial charge in [-0.15, -0.1) is 0 Å². The number of carbonyl (C=O) groups is 1. The van der Waals surface area contributed by atoms with E-state index in [4.69, 9.17) is 53.8 Å². The minimum Gasteiger partial charge on any atom is -0.493 e. The topological polar surface area (TPSA) is 95.1 Å². The lowest BCUT2D eigenvalue weighted by molar-refractivity contribution is 0.143. The summed E-state index contributed by atoms with van der Waals surface area (Å²) in [7, 11) is 6.26. The number of hydrogen-bond donors (Lipinski definition) is 2. The van der Waals surface area contributed by atoms with Gasteiger partial charge in [-0.1, -0.05) is 40.9 Å². The number of rotatable bonds is 6. The smallest absolute Gasteiger partial charge is 0.407 e. The number of benzene rings is 1. The van der Waals surface area contributed by atoms with Crippen LogP contribution in [-0.4, -0.2) is 44.9 Å². The summed E-state index contributed by atoms with van der Waals surface area (Å²) in [6.45, 7) is -0.426. The molecule has 1 amide bonds. The molecule has 8 nitrogen and oxygen atoms in total. The molecule has 0 aliphatic heterocycles. The number of carbonyl (C=O) groups excluding carboxylic acids is 1. The van der Waals surface area contributed by atoms with Crippen molar-refractivity contribution in [2.24, 2.45) is 0 Å². The van der Waals surface area contributed by atoms with E-state index in [1.807, 2.05) is 12.1 Å². The molecule has 0 bridgehead atoms. The largest absolute Gasteiger partial charge is 0.493 e. The quantitative estimate of drug-likeness (QED) is 0.514. The molecule has 2 aromatic rings. The Morgan fingerprint density at radius 3 is 2.38 bits per heavy atom. The molecule has 11 heteroatoms. The van der Waals surface area contributed by atoms with Crippen LogP contribution in [0.3, 0.4) is 0 Å². The molecule has 1 aliphatic carbocycles. The van der Waals surface area contributed by atoms with Gasteiger partial charge in [0.1, 0.15) is 6.61 Å². The normalized spacial score (nSPS) is 14.7. The fourth-order valence-corrected chi connectivity index (χ4v) is 4.16. The van der Waals surface area contributed by atoms with Gasteiger partial charge in [0.2, 0.25) is 15.0 Å². The van der Waals surface area contributed by atoms with Crippen LogP contribution in [0.25, 0.3) is 11.1 Å². The number of alkyl halides is 3. The van der Waals surface area contributed by atoms with Crippen molar-refractivity contribution in [1.29, 1.82) is 0 Å². The Morgan fingerprint density at radius 1 is 1.09 bits per heavy atom. The maximum Gasteiger partial charge on any atom is 0.407 e. The number of methoxy groups -OCH3 is 3. The van der Waals surface area contributed by atoms with E-state index in [0.29, 0.717) is 46.9 Å². The first-order valence-electron chi connectivity index (χ1n) is 10.3. The van der Waals surface area contributed by atoms with Crippen LogP contribution < -0.4 is 30.3 Å². The highest BCUT2D eigenvalue weighted by Crippen LogP contribution is 2.50. The second-order valence-corrected chi connectivity index (χ2v) is 10.00. The molecule has 2 N–H and O–H groups in total. The second kappa shape index (κ2) is 10.8. The van der Waals surface area contributed by atoms with Crippen LogP contribution in [-0.2, 0) is 11.2 Å². The van der Waals surface area contributed by atoms with Gasteiger partial charge in [-0.2, -0.15) is 0 Å². The van der Waals surface area contributed by atoms with Gasteiger partial charge >= 0.3 is 6.09 Å². The summed E-state index contributed by atoms with van der Waals surface area (Å²) in [5, 5.41) is 5.69. The van der Waals surface area contributed by atoms with Crippen LogP contribution in [0.5, 0.6) is 17.2 Å². The third kappa shape index (κ3) is 5.56. The lowest BCUT2D eigenvalue weighted by Crippen LogP contribution is -2.32. The average molecular weight is 532 g/mol. The predicted molar refractivity (Wildman–Crippen MR) is 133 cm³/mol. The van der Waals surface area contributed by atoms with Gasteiger partial charge in [0, 0.05) is 12.6 Å². The van der Waals surface area contributed by atoms with E-state index in [1.54, 1.807) is 20.2 Å². The van der Waals surface area contributed by atoms with E-state index in [2.05, 4.69) is 10.6 Å². The first-order chi connectivity index (χ1) is 16.1. The van der Waals surface area contributed by atoms with Crippen molar-refractivity contribution in [2.45, 2.75) is 22.7 Å². The molecule has 0 heterocycles. The molecule has 0 saturated carbocycles.